The Balaban J connectivity index is 4.26. The number of likely N-dealkylation sites (N-methyl/N-ethyl adjacent to an activating group) is 1. The van der Waals surface area contributed by atoms with E-state index in [-0.39, 0.29) is 32.2 Å². The first-order valence-electron chi connectivity index (χ1n) is 25.3. The van der Waals surface area contributed by atoms with Crippen LogP contribution in [0.5, 0.6) is 0 Å². The molecule has 9 heteroatoms. The van der Waals surface area contributed by atoms with Gasteiger partial charge in [0.25, 0.3) is 7.82 Å². The molecule has 0 amide bonds. The summed E-state index contributed by atoms with van der Waals surface area (Å²) < 4.78 is 34.7. The van der Waals surface area contributed by atoms with Crippen LogP contribution in [0.3, 0.4) is 0 Å². The third-order valence-corrected chi connectivity index (χ3v) is 11.0. The normalized spacial score (nSPS) is 14.6. The van der Waals surface area contributed by atoms with E-state index in [4.69, 9.17) is 18.5 Å². The Morgan fingerprint density at radius 2 is 0.846 bits per heavy atom. The Morgan fingerprint density at radius 3 is 1.26 bits per heavy atom. The monoisotopic (exact) mass is 924 g/mol. The lowest BCUT2D eigenvalue weighted by Crippen LogP contribution is -2.37. The number of quaternary nitrogens is 1. The summed E-state index contributed by atoms with van der Waals surface area (Å²) in [6, 6.07) is 0. The van der Waals surface area contributed by atoms with Crippen molar-refractivity contribution in [3.63, 3.8) is 0 Å². The number of rotatable bonds is 45. The van der Waals surface area contributed by atoms with Gasteiger partial charge in [-0.15, -0.1) is 0 Å². The van der Waals surface area contributed by atoms with Crippen LogP contribution in [0, 0.1) is 0 Å². The number of ether oxygens (including phenoxy) is 2. The zero-order chi connectivity index (χ0) is 47.6. The van der Waals surface area contributed by atoms with Crippen LogP contribution in [0.25, 0.3) is 0 Å². The molecule has 0 aromatic heterocycles. The highest BCUT2D eigenvalue weighted by molar-refractivity contribution is 7.45. The van der Waals surface area contributed by atoms with Crippen LogP contribution in [-0.2, 0) is 27.9 Å². The first-order chi connectivity index (χ1) is 31.6. The van der Waals surface area contributed by atoms with E-state index in [9.17, 15) is 14.3 Å². The zero-order valence-corrected chi connectivity index (χ0v) is 42.8. The van der Waals surface area contributed by atoms with Crippen LogP contribution in [0.4, 0.5) is 0 Å². The standard InChI is InChI=1S/C56H94NO7P/c1-6-8-10-12-14-16-18-20-22-24-26-27-28-29-30-32-34-36-38-40-42-44-46-48-51-61-53-55(54-63-65(59,60)62-52-50-57(3,4)5)64-56(58)49-47-45-43-41-39-37-35-33-31-25-23-21-19-17-15-13-11-9-7-2/h8-11,14-17,20-23,26-27,29-31,33,37,39,55H,6-7,12-13,18-19,24-25,28,32,34-36,38,40-54H2,1-5H3/b10-8-,11-9-,16-14-,17-15-,22-20-,23-21-,27-26-,30-29-,33-31-,39-37-. The largest absolute Gasteiger partial charge is 0.756 e. The number of esters is 1. The molecule has 0 radical (unpaired) electrons. The van der Waals surface area contributed by atoms with Gasteiger partial charge < -0.3 is 27.9 Å². The molecule has 0 aliphatic rings. The van der Waals surface area contributed by atoms with Gasteiger partial charge in [-0.1, -0.05) is 180 Å². The molecule has 2 unspecified atom stereocenters. The molecule has 0 fully saturated rings. The fourth-order valence-electron chi connectivity index (χ4n) is 6.19. The van der Waals surface area contributed by atoms with Gasteiger partial charge in [0.05, 0.1) is 34.4 Å². The summed E-state index contributed by atoms with van der Waals surface area (Å²) in [5.74, 6) is -0.374. The number of phosphoric ester groups is 1. The van der Waals surface area contributed by atoms with Crippen molar-refractivity contribution in [3.8, 4) is 0 Å². The predicted octanol–water partition coefficient (Wildman–Crippen LogP) is 15.1. The molecule has 2 atom stereocenters. The molecule has 8 nitrogen and oxygen atoms in total. The van der Waals surface area contributed by atoms with Crippen molar-refractivity contribution >= 4 is 13.8 Å². The molecule has 0 aromatic rings. The van der Waals surface area contributed by atoms with Gasteiger partial charge in [-0.05, 0) is 103 Å². The van der Waals surface area contributed by atoms with Crippen LogP contribution in [0.15, 0.2) is 122 Å². The molecule has 0 saturated heterocycles. The lowest BCUT2D eigenvalue weighted by molar-refractivity contribution is -0.870. The molecule has 65 heavy (non-hydrogen) atoms. The van der Waals surface area contributed by atoms with E-state index < -0.39 is 13.9 Å². The van der Waals surface area contributed by atoms with Crippen LogP contribution in [-0.4, -0.2) is 70.7 Å². The molecule has 0 spiro atoms. The lowest BCUT2D eigenvalue weighted by atomic mass is 10.1. The van der Waals surface area contributed by atoms with Gasteiger partial charge in [-0.25, -0.2) is 0 Å². The molecule has 0 N–H and O–H groups in total. The highest BCUT2D eigenvalue weighted by atomic mass is 31.2. The van der Waals surface area contributed by atoms with Gasteiger partial charge in [0.15, 0.2) is 0 Å². The third kappa shape index (κ3) is 51.7. The van der Waals surface area contributed by atoms with E-state index in [1.807, 2.05) is 21.1 Å². The van der Waals surface area contributed by atoms with E-state index in [1.165, 1.54) is 32.1 Å². The summed E-state index contributed by atoms with van der Waals surface area (Å²) in [5, 5.41) is 0. The zero-order valence-electron chi connectivity index (χ0n) is 41.9. The maximum atomic E-state index is 12.7. The molecular formula is C56H94NO7P. The smallest absolute Gasteiger partial charge is 0.306 e. The van der Waals surface area contributed by atoms with E-state index in [0.717, 1.165) is 109 Å². The highest BCUT2D eigenvalue weighted by Gasteiger charge is 2.20. The topological polar surface area (TPSA) is 94.1 Å². The van der Waals surface area contributed by atoms with Gasteiger partial charge in [-0.3, -0.25) is 9.36 Å². The number of hydrogen-bond donors (Lipinski definition) is 0. The quantitative estimate of drug-likeness (QED) is 0.0197. The van der Waals surface area contributed by atoms with Crippen LogP contribution in [0.2, 0.25) is 0 Å². The number of nitrogens with zero attached hydrogens (tertiary/aromatic N) is 1. The van der Waals surface area contributed by atoms with Crippen molar-refractivity contribution in [2.75, 3.05) is 54.1 Å². The van der Waals surface area contributed by atoms with Crippen LogP contribution < -0.4 is 4.89 Å². The molecule has 0 saturated carbocycles. The molecule has 0 rings (SSSR count). The first kappa shape index (κ1) is 61.9. The van der Waals surface area contributed by atoms with Crippen molar-refractivity contribution < 1.29 is 37.3 Å². The predicted molar refractivity (Wildman–Crippen MR) is 277 cm³/mol. The van der Waals surface area contributed by atoms with Gasteiger partial charge in [0.1, 0.15) is 19.3 Å². The minimum absolute atomic E-state index is 0.00988. The summed E-state index contributed by atoms with van der Waals surface area (Å²) in [6.45, 7) is 5.09. The van der Waals surface area contributed by atoms with E-state index in [0.29, 0.717) is 24.1 Å². The van der Waals surface area contributed by atoms with Gasteiger partial charge in [0.2, 0.25) is 0 Å². The number of carbonyl (C=O) groups is 1. The van der Waals surface area contributed by atoms with Crippen molar-refractivity contribution in [1.82, 2.24) is 0 Å². The number of allylic oxidation sites excluding steroid dienone is 20. The van der Waals surface area contributed by atoms with Crippen molar-refractivity contribution in [2.24, 2.45) is 0 Å². The Kier molecular flexibility index (Phi) is 45.1. The summed E-state index contributed by atoms with van der Waals surface area (Å²) in [5.41, 5.74) is 0. The molecular weight excluding hydrogens is 830 g/mol. The summed E-state index contributed by atoms with van der Waals surface area (Å²) in [4.78, 5) is 25.2. The number of unbranched alkanes of at least 4 members (excludes halogenated alkanes) is 11. The maximum absolute atomic E-state index is 12.7. The van der Waals surface area contributed by atoms with Gasteiger partial charge in [0, 0.05) is 13.0 Å². The first-order valence-corrected chi connectivity index (χ1v) is 26.7. The Morgan fingerprint density at radius 1 is 0.477 bits per heavy atom. The number of phosphoric acid groups is 1. The summed E-state index contributed by atoms with van der Waals surface area (Å²) in [6.07, 6.45) is 67.9. The number of carbonyl (C=O) groups excluding carboxylic acids is 1. The van der Waals surface area contributed by atoms with Crippen molar-refractivity contribution in [3.05, 3.63) is 122 Å². The second kappa shape index (κ2) is 47.4. The molecule has 0 aliphatic carbocycles. The third-order valence-electron chi connectivity index (χ3n) is 10.0. The molecule has 0 heterocycles. The van der Waals surface area contributed by atoms with Gasteiger partial charge in [-0.2, -0.15) is 0 Å². The average molecular weight is 924 g/mol. The fraction of sp³-hybridized carbons (Fsp3) is 0.625. The van der Waals surface area contributed by atoms with Crippen LogP contribution >= 0.6 is 7.82 Å². The lowest BCUT2D eigenvalue weighted by Gasteiger charge is -2.28. The SMILES string of the molecule is CC/C=C\C/C=C\C/C=C\C/C=C\C/C=C\CCCCCCCCCCOCC(COP(=O)([O-])OCC[N+](C)(C)C)OC(=O)CCCCC/C=C\C/C=C\C/C=C\C/C=C\C/C=C\CC. The summed E-state index contributed by atoms with van der Waals surface area (Å²) >= 11 is 0. The van der Waals surface area contributed by atoms with E-state index in [1.54, 1.807) is 0 Å². The number of hydrogen-bond acceptors (Lipinski definition) is 7. The summed E-state index contributed by atoms with van der Waals surface area (Å²) in [7, 11) is 1.31. The Bertz CT molecular complexity index is 1450. The molecule has 0 aromatic carbocycles. The highest BCUT2D eigenvalue weighted by Crippen LogP contribution is 2.38. The average Bonchev–Trinajstić information content (AvgIpc) is 3.27. The minimum Gasteiger partial charge on any atom is -0.756 e. The van der Waals surface area contributed by atoms with E-state index in [2.05, 4.69) is 135 Å². The maximum Gasteiger partial charge on any atom is 0.306 e. The fourth-order valence-corrected chi connectivity index (χ4v) is 6.92. The second-order valence-corrected chi connectivity index (χ2v) is 18.8. The van der Waals surface area contributed by atoms with E-state index >= 15 is 0 Å². The molecule has 0 bridgehead atoms. The molecule has 370 valence electrons. The van der Waals surface area contributed by atoms with Crippen molar-refractivity contribution in [1.29, 1.82) is 0 Å². The van der Waals surface area contributed by atoms with Gasteiger partial charge >= 0.3 is 5.97 Å². The minimum atomic E-state index is -4.55. The molecule has 0 aliphatic heterocycles. The Hall–Kier alpha value is -3.10. The second-order valence-electron chi connectivity index (χ2n) is 17.4. The van der Waals surface area contributed by atoms with Crippen LogP contribution in [0.1, 0.15) is 168 Å². The van der Waals surface area contributed by atoms with Crippen molar-refractivity contribution in [2.45, 2.75) is 174 Å². The Labute approximate surface area is 399 Å².